The van der Waals surface area contributed by atoms with Crippen LogP contribution in [0.2, 0.25) is 0 Å². The van der Waals surface area contributed by atoms with Crippen molar-refractivity contribution in [1.29, 1.82) is 0 Å². The largest absolute Gasteiger partial charge is 0.352 e. The summed E-state index contributed by atoms with van der Waals surface area (Å²) in [5.41, 5.74) is 3.59. The van der Waals surface area contributed by atoms with E-state index in [2.05, 4.69) is 54.0 Å². The fraction of sp³-hybridized carbons (Fsp3) is 0.409. The quantitative estimate of drug-likeness (QED) is 0.833. The van der Waals surface area contributed by atoms with E-state index in [0.29, 0.717) is 6.04 Å². The van der Waals surface area contributed by atoms with Gasteiger partial charge in [0.05, 0.1) is 12.1 Å². The molecule has 0 spiro atoms. The van der Waals surface area contributed by atoms with Gasteiger partial charge in [0.25, 0.3) is 0 Å². The smallest absolute Gasteiger partial charge is 0.237 e. The Morgan fingerprint density at radius 1 is 0.960 bits per heavy atom. The normalized spacial score (nSPS) is 17.2. The monoisotopic (exact) mass is 336 g/mol. The molecule has 0 saturated heterocycles. The van der Waals surface area contributed by atoms with E-state index in [-0.39, 0.29) is 18.0 Å². The number of hydrogen-bond acceptors (Lipinski definition) is 2. The van der Waals surface area contributed by atoms with Crippen LogP contribution in [0.4, 0.5) is 0 Å². The maximum Gasteiger partial charge on any atom is 0.237 e. The Kier molecular flexibility index (Phi) is 5.87. The first-order valence-corrected chi connectivity index (χ1v) is 9.31. The molecular weight excluding hydrogens is 308 g/mol. The lowest BCUT2D eigenvalue weighted by Gasteiger charge is -2.25. The SMILES string of the molecule is Cc1ccc([C@@H](N[C@@H](C)C(=O)NC2CCCC2)c2ccccc2)cc1. The molecule has 0 radical (unpaired) electrons. The number of aryl methyl sites for hydroxylation is 1. The van der Waals surface area contributed by atoms with Gasteiger partial charge >= 0.3 is 0 Å². The molecule has 0 unspecified atom stereocenters. The number of nitrogens with one attached hydrogen (secondary N) is 2. The third kappa shape index (κ3) is 4.70. The summed E-state index contributed by atoms with van der Waals surface area (Å²) < 4.78 is 0. The second-order valence-corrected chi connectivity index (χ2v) is 7.13. The minimum atomic E-state index is -0.243. The number of carbonyl (C=O) groups is 1. The highest BCUT2D eigenvalue weighted by atomic mass is 16.2. The lowest BCUT2D eigenvalue weighted by molar-refractivity contribution is -0.123. The predicted octanol–water partition coefficient (Wildman–Crippen LogP) is 4.12. The fourth-order valence-electron chi connectivity index (χ4n) is 3.51. The van der Waals surface area contributed by atoms with Crippen molar-refractivity contribution in [1.82, 2.24) is 10.6 Å². The van der Waals surface area contributed by atoms with Crippen LogP contribution < -0.4 is 10.6 Å². The molecule has 3 rings (SSSR count). The van der Waals surface area contributed by atoms with Crippen molar-refractivity contribution in [2.45, 2.75) is 57.7 Å². The van der Waals surface area contributed by atoms with Crippen molar-refractivity contribution in [3.8, 4) is 0 Å². The molecule has 0 bridgehead atoms. The zero-order valence-corrected chi connectivity index (χ0v) is 15.2. The van der Waals surface area contributed by atoms with Crippen molar-refractivity contribution >= 4 is 5.91 Å². The van der Waals surface area contributed by atoms with Gasteiger partial charge in [-0.2, -0.15) is 0 Å². The van der Waals surface area contributed by atoms with E-state index in [1.54, 1.807) is 0 Å². The Hall–Kier alpha value is -2.13. The standard InChI is InChI=1S/C22H28N2O/c1-16-12-14-19(15-13-16)21(18-8-4-3-5-9-18)23-17(2)22(25)24-20-10-6-7-11-20/h3-5,8-9,12-15,17,20-21,23H,6-7,10-11H2,1-2H3,(H,24,25)/t17-,21-/m0/s1. The molecular formula is C22H28N2O. The summed E-state index contributed by atoms with van der Waals surface area (Å²) in [7, 11) is 0. The van der Waals surface area contributed by atoms with Gasteiger partial charge in [-0.15, -0.1) is 0 Å². The number of hydrogen-bond donors (Lipinski definition) is 2. The van der Waals surface area contributed by atoms with E-state index in [9.17, 15) is 4.79 Å². The van der Waals surface area contributed by atoms with Gasteiger partial charge in [0.15, 0.2) is 0 Å². The maximum atomic E-state index is 12.6. The van der Waals surface area contributed by atoms with Gasteiger partial charge in [-0.1, -0.05) is 73.0 Å². The molecule has 2 atom stereocenters. The first-order chi connectivity index (χ1) is 12.1. The summed E-state index contributed by atoms with van der Waals surface area (Å²) >= 11 is 0. The fourth-order valence-corrected chi connectivity index (χ4v) is 3.51. The van der Waals surface area contributed by atoms with Crippen LogP contribution in [0.1, 0.15) is 55.3 Å². The second-order valence-electron chi connectivity index (χ2n) is 7.13. The minimum absolute atomic E-state index is 0.00567. The molecule has 0 aliphatic heterocycles. The van der Waals surface area contributed by atoms with Gasteiger partial charge in [0.2, 0.25) is 5.91 Å². The topological polar surface area (TPSA) is 41.1 Å². The highest BCUT2D eigenvalue weighted by Gasteiger charge is 2.23. The third-order valence-electron chi connectivity index (χ3n) is 5.06. The minimum Gasteiger partial charge on any atom is -0.352 e. The molecule has 1 fully saturated rings. The van der Waals surface area contributed by atoms with Crippen LogP contribution in [0.5, 0.6) is 0 Å². The Labute approximate surface area is 150 Å². The molecule has 2 N–H and O–H groups in total. The van der Waals surface area contributed by atoms with Gasteiger partial charge in [-0.25, -0.2) is 0 Å². The van der Waals surface area contributed by atoms with Crippen LogP contribution in [0, 0.1) is 6.92 Å². The number of benzene rings is 2. The van der Waals surface area contributed by atoms with Crippen molar-refractivity contribution in [2.75, 3.05) is 0 Å². The summed E-state index contributed by atoms with van der Waals surface area (Å²) in [5, 5.41) is 6.73. The molecule has 0 heterocycles. The van der Waals surface area contributed by atoms with Crippen LogP contribution >= 0.6 is 0 Å². The van der Waals surface area contributed by atoms with E-state index < -0.39 is 0 Å². The van der Waals surface area contributed by atoms with Crippen LogP contribution in [-0.4, -0.2) is 18.0 Å². The van der Waals surface area contributed by atoms with E-state index in [1.807, 2.05) is 25.1 Å². The molecule has 2 aromatic carbocycles. The molecule has 1 aliphatic carbocycles. The van der Waals surface area contributed by atoms with E-state index in [4.69, 9.17) is 0 Å². The number of amides is 1. The Balaban J connectivity index is 1.75. The van der Waals surface area contributed by atoms with Crippen molar-refractivity contribution < 1.29 is 4.79 Å². The molecule has 2 aromatic rings. The van der Waals surface area contributed by atoms with Gasteiger partial charge in [0, 0.05) is 6.04 Å². The van der Waals surface area contributed by atoms with Crippen LogP contribution in [0.3, 0.4) is 0 Å². The molecule has 3 heteroatoms. The summed E-state index contributed by atoms with van der Waals surface area (Å²) in [6, 6.07) is 19.0. The second kappa shape index (κ2) is 8.30. The van der Waals surface area contributed by atoms with E-state index in [1.165, 1.54) is 29.5 Å². The predicted molar refractivity (Wildman–Crippen MR) is 102 cm³/mol. The Bertz CT molecular complexity index is 675. The van der Waals surface area contributed by atoms with Crippen molar-refractivity contribution in [3.05, 3.63) is 71.3 Å². The average molecular weight is 336 g/mol. The number of rotatable bonds is 6. The van der Waals surface area contributed by atoms with Crippen LogP contribution in [-0.2, 0) is 4.79 Å². The summed E-state index contributed by atoms with van der Waals surface area (Å²) in [6.07, 6.45) is 4.67. The molecule has 25 heavy (non-hydrogen) atoms. The molecule has 1 amide bonds. The zero-order chi connectivity index (χ0) is 17.6. The lowest BCUT2D eigenvalue weighted by atomic mass is 9.97. The molecule has 0 aromatic heterocycles. The van der Waals surface area contributed by atoms with Gasteiger partial charge < -0.3 is 5.32 Å². The van der Waals surface area contributed by atoms with E-state index in [0.717, 1.165) is 12.8 Å². The first kappa shape index (κ1) is 17.7. The van der Waals surface area contributed by atoms with Gasteiger partial charge in [0.1, 0.15) is 0 Å². The summed E-state index contributed by atoms with van der Waals surface area (Å²) in [4.78, 5) is 12.6. The zero-order valence-electron chi connectivity index (χ0n) is 15.2. The highest BCUT2D eigenvalue weighted by Crippen LogP contribution is 2.23. The van der Waals surface area contributed by atoms with Crippen molar-refractivity contribution in [3.63, 3.8) is 0 Å². The molecule has 1 aliphatic rings. The third-order valence-corrected chi connectivity index (χ3v) is 5.06. The van der Waals surface area contributed by atoms with Gasteiger partial charge in [-0.3, -0.25) is 10.1 Å². The van der Waals surface area contributed by atoms with Crippen LogP contribution in [0.25, 0.3) is 0 Å². The highest BCUT2D eigenvalue weighted by molar-refractivity contribution is 5.81. The van der Waals surface area contributed by atoms with E-state index >= 15 is 0 Å². The maximum absolute atomic E-state index is 12.6. The Morgan fingerprint density at radius 3 is 2.20 bits per heavy atom. The lowest BCUT2D eigenvalue weighted by Crippen LogP contribution is -2.46. The summed E-state index contributed by atoms with van der Waals surface area (Å²) in [5.74, 6) is 0.0972. The van der Waals surface area contributed by atoms with Crippen LogP contribution in [0.15, 0.2) is 54.6 Å². The molecule has 1 saturated carbocycles. The first-order valence-electron chi connectivity index (χ1n) is 9.31. The Morgan fingerprint density at radius 2 is 1.56 bits per heavy atom. The van der Waals surface area contributed by atoms with Crippen molar-refractivity contribution in [2.24, 2.45) is 0 Å². The number of carbonyl (C=O) groups excluding carboxylic acids is 1. The summed E-state index contributed by atoms with van der Waals surface area (Å²) in [6.45, 7) is 4.04. The van der Waals surface area contributed by atoms with Gasteiger partial charge in [-0.05, 0) is 37.8 Å². The molecule has 132 valence electrons. The molecule has 3 nitrogen and oxygen atoms in total. The average Bonchev–Trinajstić information content (AvgIpc) is 3.14.